The number of nitrogens with zero attached hydrogens (tertiary/aromatic N) is 1. The molecule has 4 nitrogen and oxygen atoms in total. The van der Waals surface area contributed by atoms with E-state index in [9.17, 15) is 9.18 Å². The Morgan fingerprint density at radius 3 is 2.59 bits per heavy atom. The van der Waals surface area contributed by atoms with Crippen LogP contribution in [0.4, 0.5) is 10.1 Å². The van der Waals surface area contributed by atoms with Gasteiger partial charge >= 0.3 is 0 Å². The van der Waals surface area contributed by atoms with Crippen molar-refractivity contribution in [3.8, 4) is 0 Å². The minimum atomic E-state index is -0.329. The molecule has 0 aliphatic carbocycles. The van der Waals surface area contributed by atoms with Gasteiger partial charge in [-0.3, -0.25) is 4.79 Å². The molecule has 2 aromatic carbocycles. The first-order valence-corrected chi connectivity index (χ1v) is 10.6. The van der Waals surface area contributed by atoms with E-state index in [-0.39, 0.29) is 11.7 Å². The van der Waals surface area contributed by atoms with Crippen LogP contribution in [0.15, 0.2) is 42.5 Å². The molecule has 3 aromatic rings. The lowest BCUT2D eigenvalue weighted by Gasteiger charge is -2.28. The highest BCUT2D eigenvalue weighted by Gasteiger charge is 2.18. The first kappa shape index (κ1) is 19.5. The molecular formula is C24H28FN3O. The highest BCUT2D eigenvalue weighted by molar-refractivity contribution is 6.01. The van der Waals surface area contributed by atoms with Crippen LogP contribution in [0.25, 0.3) is 10.9 Å². The van der Waals surface area contributed by atoms with E-state index in [0.29, 0.717) is 24.2 Å². The fraction of sp³-hybridized carbons (Fsp3) is 0.375. The molecule has 152 valence electrons. The molecule has 0 atom stereocenters. The van der Waals surface area contributed by atoms with E-state index in [1.54, 1.807) is 6.07 Å². The quantitative estimate of drug-likeness (QED) is 0.630. The van der Waals surface area contributed by atoms with E-state index in [0.717, 1.165) is 30.5 Å². The summed E-state index contributed by atoms with van der Waals surface area (Å²) in [4.78, 5) is 18.1. The molecule has 0 saturated carbocycles. The number of amides is 1. The Bertz CT molecular complexity index is 987. The first-order valence-electron chi connectivity index (χ1n) is 10.6. The average Bonchev–Trinajstić information content (AvgIpc) is 3.15. The molecule has 0 spiro atoms. The number of aromatic amines is 1. The average molecular weight is 394 g/mol. The number of para-hydroxylation sites is 1. The van der Waals surface area contributed by atoms with E-state index in [1.807, 2.05) is 13.0 Å². The van der Waals surface area contributed by atoms with Gasteiger partial charge in [-0.15, -0.1) is 0 Å². The summed E-state index contributed by atoms with van der Waals surface area (Å²) in [6, 6.07) is 13.6. The van der Waals surface area contributed by atoms with Gasteiger partial charge < -0.3 is 15.2 Å². The molecule has 0 radical (unpaired) electrons. The summed E-state index contributed by atoms with van der Waals surface area (Å²) in [5, 5.41) is 3.76. The number of hydrogen-bond donors (Lipinski definition) is 2. The number of aryl methyl sites for hydroxylation is 1. The third-order valence-electron chi connectivity index (χ3n) is 5.83. The number of rotatable bonds is 6. The third-order valence-corrected chi connectivity index (χ3v) is 5.83. The number of nitrogens with one attached hydrogen (secondary N) is 2. The fourth-order valence-electron chi connectivity index (χ4n) is 4.23. The summed E-state index contributed by atoms with van der Waals surface area (Å²) in [7, 11) is 0. The number of piperidine rings is 1. The van der Waals surface area contributed by atoms with E-state index in [1.165, 1.54) is 36.6 Å². The molecule has 1 aliphatic heterocycles. The van der Waals surface area contributed by atoms with Gasteiger partial charge in [0.05, 0.1) is 5.52 Å². The Hall–Kier alpha value is -2.82. The molecule has 0 bridgehead atoms. The van der Waals surface area contributed by atoms with Crippen molar-refractivity contribution in [1.82, 2.24) is 10.3 Å². The normalized spacial score (nSPS) is 14.3. The van der Waals surface area contributed by atoms with Crippen LogP contribution in [-0.2, 0) is 12.8 Å². The van der Waals surface area contributed by atoms with Crippen LogP contribution in [0.5, 0.6) is 0 Å². The second-order valence-corrected chi connectivity index (χ2v) is 7.71. The van der Waals surface area contributed by atoms with Crippen molar-refractivity contribution in [3.63, 3.8) is 0 Å². The van der Waals surface area contributed by atoms with Crippen LogP contribution in [0.3, 0.4) is 0 Å². The van der Waals surface area contributed by atoms with Crippen molar-refractivity contribution in [2.24, 2.45) is 0 Å². The lowest BCUT2D eigenvalue weighted by atomic mass is 10.1. The lowest BCUT2D eigenvalue weighted by Crippen LogP contribution is -2.29. The number of hydrogen-bond acceptors (Lipinski definition) is 2. The first-order chi connectivity index (χ1) is 14.2. The maximum absolute atomic E-state index is 14.1. The van der Waals surface area contributed by atoms with Gasteiger partial charge in [0.2, 0.25) is 0 Å². The second kappa shape index (κ2) is 8.68. The predicted octanol–water partition coefficient (Wildman–Crippen LogP) is 4.83. The molecule has 0 unspecified atom stereocenters. The number of halogens is 1. The Morgan fingerprint density at radius 1 is 1.10 bits per heavy atom. The molecule has 2 N–H and O–H groups in total. The van der Waals surface area contributed by atoms with Crippen molar-refractivity contribution in [3.05, 3.63) is 65.1 Å². The summed E-state index contributed by atoms with van der Waals surface area (Å²) < 4.78 is 14.1. The van der Waals surface area contributed by atoms with Gasteiger partial charge in [0.15, 0.2) is 0 Å². The van der Waals surface area contributed by atoms with E-state index in [2.05, 4.69) is 39.5 Å². The van der Waals surface area contributed by atoms with Crippen molar-refractivity contribution < 1.29 is 9.18 Å². The van der Waals surface area contributed by atoms with Gasteiger partial charge in [0, 0.05) is 30.7 Å². The Morgan fingerprint density at radius 2 is 1.86 bits per heavy atom. The number of anilines is 1. The molecule has 4 rings (SSSR count). The van der Waals surface area contributed by atoms with Crippen molar-refractivity contribution in [2.75, 3.05) is 24.5 Å². The van der Waals surface area contributed by atoms with Crippen molar-refractivity contribution in [1.29, 1.82) is 0 Å². The van der Waals surface area contributed by atoms with Crippen molar-refractivity contribution >= 4 is 22.5 Å². The standard InChI is InChI=1S/C24H28FN3O/c1-2-19-20-7-6-8-21(25)22(20)27-23(19)24(29)26-14-13-17-9-11-18(12-10-17)28-15-4-3-5-16-28/h6-12,27H,2-5,13-16H2,1H3,(H,26,29). The highest BCUT2D eigenvalue weighted by atomic mass is 19.1. The summed E-state index contributed by atoms with van der Waals surface area (Å²) in [6.07, 6.45) is 5.31. The molecule has 1 aliphatic rings. The molecular weight excluding hydrogens is 365 g/mol. The Labute approximate surface area is 171 Å². The summed E-state index contributed by atoms with van der Waals surface area (Å²) in [6.45, 7) is 4.80. The summed E-state index contributed by atoms with van der Waals surface area (Å²) in [5.74, 6) is -0.507. The number of carbonyl (C=O) groups excluding carboxylic acids is 1. The second-order valence-electron chi connectivity index (χ2n) is 7.71. The topological polar surface area (TPSA) is 48.1 Å². The number of fused-ring (bicyclic) bond motifs is 1. The zero-order valence-corrected chi connectivity index (χ0v) is 16.9. The largest absolute Gasteiger partial charge is 0.372 e. The van der Waals surface area contributed by atoms with Gasteiger partial charge in [-0.05, 0) is 61.4 Å². The highest BCUT2D eigenvalue weighted by Crippen LogP contribution is 2.25. The molecule has 1 amide bonds. The molecule has 1 fully saturated rings. The lowest BCUT2D eigenvalue weighted by molar-refractivity contribution is 0.0949. The maximum atomic E-state index is 14.1. The maximum Gasteiger partial charge on any atom is 0.268 e. The molecule has 29 heavy (non-hydrogen) atoms. The number of carbonyl (C=O) groups is 1. The van der Waals surface area contributed by atoms with Gasteiger partial charge in [-0.1, -0.05) is 31.2 Å². The smallest absolute Gasteiger partial charge is 0.268 e. The number of benzene rings is 2. The summed E-state index contributed by atoms with van der Waals surface area (Å²) >= 11 is 0. The number of aromatic nitrogens is 1. The minimum Gasteiger partial charge on any atom is -0.372 e. The van der Waals surface area contributed by atoms with Gasteiger partial charge in [0.25, 0.3) is 5.91 Å². The van der Waals surface area contributed by atoms with Gasteiger partial charge in [-0.2, -0.15) is 0 Å². The minimum absolute atomic E-state index is 0.178. The van der Waals surface area contributed by atoms with Crippen LogP contribution in [0.2, 0.25) is 0 Å². The predicted molar refractivity (Wildman–Crippen MR) is 116 cm³/mol. The van der Waals surface area contributed by atoms with Crippen LogP contribution < -0.4 is 10.2 Å². The molecule has 2 heterocycles. The number of H-pyrrole nitrogens is 1. The zero-order chi connectivity index (χ0) is 20.2. The van der Waals surface area contributed by atoms with E-state index < -0.39 is 0 Å². The Balaban J connectivity index is 1.38. The van der Waals surface area contributed by atoms with Gasteiger partial charge in [-0.25, -0.2) is 4.39 Å². The van der Waals surface area contributed by atoms with Crippen LogP contribution in [-0.4, -0.2) is 30.5 Å². The summed E-state index contributed by atoms with van der Waals surface area (Å²) in [5.41, 5.74) is 4.22. The van der Waals surface area contributed by atoms with Crippen molar-refractivity contribution in [2.45, 2.75) is 39.0 Å². The Kier molecular flexibility index (Phi) is 5.84. The molecule has 5 heteroatoms. The third kappa shape index (κ3) is 4.14. The molecule has 1 aromatic heterocycles. The fourth-order valence-corrected chi connectivity index (χ4v) is 4.23. The SMILES string of the molecule is CCc1c(C(=O)NCCc2ccc(N3CCCCC3)cc2)[nH]c2c(F)cccc12. The monoisotopic (exact) mass is 393 g/mol. The molecule has 1 saturated heterocycles. The zero-order valence-electron chi connectivity index (χ0n) is 16.9. The van der Waals surface area contributed by atoms with Gasteiger partial charge in [0.1, 0.15) is 11.5 Å². The van der Waals surface area contributed by atoms with Crippen LogP contribution >= 0.6 is 0 Å². The van der Waals surface area contributed by atoms with Crippen LogP contribution in [0, 0.1) is 5.82 Å². The van der Waals surface area contributed by atoms with E-state index in [4.69, 9.17) is 0 Å². The van der Waals surface area contributed by atoms with Crippen LogP contribution in [0.1, 0.15) is 47.8 Å². The van der Waals surface area contributed by atoms with E-state index >= 15 is 0 Å².